The molecule has 5 atom stereocenters. The van der Waals surface area contributed by atoms with Gasteiger partial charge in [0.15, 0.2) is 0 Å². The molecule has 1 aliphatic heterocycles. The van der Waals surface area contributed by atoms with Crippen molar-refractivity contribution in [3.05, 3.63) is 93.0 Å². The van der Waals surface area contributed by atoms with Gasteiger partial charge in [-0.25, -0.2) is 18.4 Å². The number of methoxy groups -OCH3 is 2. The molecule has 3 aromatic carbocycles. The highest BCUT2D eigenvalue weighted by Gasteiger charge is 2.61. The maximum Gasteiger partial charge on any atom is 0.511 e. The minimum atomic E-state index is -1.85. The number of nitriles is 1. The van der Waals surface area contributed by atoms with Gasteiger partial charge in [-0.15, -0.1) is 0 Å². The second kappa shape index (κ2) is 21.8. The molecule has 1 fully saturated rings. The first kappa shape index (κ1) is 48.1. The van der Waals surface area contributed by atoms with Crippen LogP contribution in [0.15, 0.2) is 54.6 Å². The van der Waals surface area contributed by atoms with Gasteiger partial charge in [0.1, 0.15) is 29.4 Å². The topological polar surface area (TPSA) is 164 Å². The average Bonchev–Trinajstić information content (AvgIpc) is 3.50. The summed E-state index contributed by atoms with van der Waals surface area (Å²) >= 11 is 12.4. The summed E-state index contributed by atoms with van der Waals surface area (Å²) in [6.45, 7) is 10.6. The van der Waals surface area contributed by atoms with Gasteiger partial charge in [-0.2, -0.15) is 5.26 Å². The van der Waals surface area contributed by atoms with Crippen molar-refractivity contribution in [2.24, 2.45) is 11.3 Å². The lowest BCUT2D eigenvalue weighted by molar-refractivity contribution is -0.118. The summed E-state index contributed by atoms with van der Waals surface area (Å²) in [4.78, 5) is 40.2. The normalized spacial score (nSPS) is 19.4. The molecule has 1 heterocycles. The van der Waals surface area contributed by atoms with Crippen molar-refractivity contribution in [2.75, 3.05) is 59.2 Å². The third-order valence-electron chi connectivity index (χ3n) is 9.66. The van der Waals surface area contributed by atoms with E-state index in [9.17, 15) is 19.6 Å². The molecule has 0 aliphatic carbocycles. The van der Waals surface area contributed by atoms with E-state index in [2.05, 4.69) is 16.7 Å². The smallest absolute Gasteiger partial charge is 0.495 e. The van der Waals surface area contributed by atoms with Crippen molar-refractivity contribution in [3.63, 3.8) is 0 Å². The number of nitrogens with zero attached hydrogens (tertiary/aromatic N) is 1. The van der Waals surface area contributed by atoms with Gasteiger partial charge in [-0.05, 0) is 53.8 Å². The quantitative estimate of drug-likeness (QED) is 0.0675. The molecule has 3 aromatic rings. The van der Waals surface area contributed by atoms with Gasteiger partial charge in [0.25, 0.3) is 6.29 Å². The van der Waals surface area contributed by atoms with Gasteiger partial charge in [0.2, 0.25) is 5.91 Å². The van der Waals surface area contributed by atoms with Crippen LogP contribution < -0.4 is 15.4 Å². The standard InChI is InChI=1S/C43H51Cl2F2N3O10/c1-25(2)40(60-41(53)58-20-19-57-18-17-56-16-15-54-6)59-39(52)26-11-14-32(33(21-26)55-7)49-38(51)37-35(28-9-8-10-30(45)36(28)47)43(24-48,34(50-37)23-42(3,4)5)29-13-12-27(44)22-31(29)46/h8-14,21-22,25,34-35,37,40,50H,15-20,23H2,1-7H3,(H,49,51)/t34?,35-,37+,40?,43-/m0/s1. The van der Waals surface area contributed by atoms with Crippen LogP contribution in [0.4, 0.5) is 19.3 Å². The predicted molar refractivity (Wildman–Crippen MR) is 219 cm³/mol. The van der Waals surface area contributed by atoms with Crippen LogP contribution in [0, 0.1) is 34.3 Å². The van der Waals surface area contributed by atoms with Gasteiger partial charge in [0.05, 0.1) is 68.5 Å². The van der Waals surface area contributed by atoms with Gasteiger partial charge in [-0.1, -0.05) is 76.0 Å². The van der Waals surface area contributed by atoms with Crippen LogP contribution in [0.2, 0.25) is 10.0 Å². The molecule has 13 nitrogen and oxygen atoms in total. The van der Waals surface area contributed by atoms with Gasteiger partial charge >= 0.3 is 12.1 Å². The monoisotopic (exact) mass is 877 g/mol. The summed E-state index contributed by atoms with van der Waals surface area (Å²) in [7, 11) is 2.88. The van der Waals surface area contributed by atoms with Crippen molar-refractivity contribution in [1.82, 2.24) is 5.32 Å². The highest BCUT2D eigenvalue weighted by Crippen LogP contribution is 2.53. The molecule has 2 N–H and O–H groups in total. The number of esters is 1. The minimum Gasteiger partial charge on any atom is -0.495 e. The number of amides is 1. The molecule has 2 unspecified atom stereocenters. The number of nitrogens with one attached hydrogen (secondary N) is 2. The zero-order valence-electron chi connectivity index (χ0n) is 34.6. The number of halogens is 4. The van der Waals surface area contributed by atoms with Crippen molar-refractivity contribution in [3.8, 4) is 11.8 Å². The fourth-order valence-electron chi connectivity index (χ4n) is 6.94. The van der Waals surface area contributed by atoms with Gasteiger partial charge in [0, 0.05) is 35.6 Å². The summed E-state index contributed by atoms with van der Waals surface area (Å²) < 4.78 is 69.0. The number of hydrogen-bond donors (Lipinski definition) is 2. The first-order valence-electron chi connectivity index (χ1n) is 19.2. The van der Waals surface area contributed by atoms with Crippen LogP contribution in [0.5, 0.6) is 5.75 Å². The maximum absolute atomic E-state index is 16.1. The number of rotatable bonds is 19. The summed E-state index contributed by atoms with van der Waals surface area (Å²) in [5, 5.41) is 17.0. The Morgan fingerprint density at radius 2 is 1.62 bits per heavy atom. The molecule has 1 aliphatic rings. The molecule has 326 valence electrons. The second-order valence-electron chi connectivity index (χ2n) is 15.5. The number of ether oxygens (including phenoxy) is 7. The molecule has 0 saturated carbocycles. The Balaban J connectivity index is 1.57. The van der Waals surface area contributed by atoms with E-state index in [0.29, 0.717) is 19.8 Å². The van der Waals surface area contributed by atoms with Crippen molar-refractivity contribution in [2.45, 2.75) is 70.7 Å². The third kappa shape index (κ3) is 12.0. The number of carbonyl (C=O) groups is 3. The third-order valence-corrected chi connectivity index (χ3v) is 10.2. The van der Waals surface area contributed by atoms with Crippen molar-refractivity contribution in [1.29, 1.82) is 5.26 Å². The molecule has 0 bridgehead atoms. The summed E-state index contributed by atoms with van der Waals surface area (Å²) in [5.41, 5.74) is -2.35. The SMILES string of the molecule is COCCOCCOCCOC(=O)OC(OC(=O)c1ccc(NC(=O)[C@@H]2NC(CC(C)(C)C)[C@](C#N)(c3ccc(Cl)cc3F)[C@H]2c2cccc(Cl)c2F)c(OC)c1)C(C)C. The molecule has 60 heavy (non-hydrogen) atoms. The Labute approximate surface area is 358 Å². The van der Waals surface area contributed by atoms with E-state index in [-0.39, 0.29) is 64.4 Å². The maximum atomic E-state index is 16.1. The van der Waals surface area contributed by atoms with Crippen LogP contribution in [0.25, 0.3) is 0 Å². The zero-order valence-corrected chi connectivity index (χ0v) is 36.1. The lowest BCUT2D eigenvalue weighted by Gasteiger charge is -2.37. The lowest BCUT2D eigenvalue weighted by atomic mass is 9.62. The number of carbonyl (C=O) groups excluding carboxylic acids is 3. The Morgan fingerprint density at radius 3 is 2.23 bits per heavy atom. The van der Waals surface area contributed by atoms with Crippen LogP contribution >= 0.6 is 23.2 Å². The highest BCUT2D eigenvalue weighted by molar-refractivity contribution is 6.31. The Bertz CT molecular complexity index is 2010. The number of anilines is 1. The molecule has 0 spiro atoms. The molecule has 0 radical (unpaired) electrons. The van der Waals surface area contributed by atoms with E-state index in [1.165, 1.54) is 55.6 Å². The molecule has 4 rings (SSSR count). The van der Waals surface area contributed by atoms with E-state index in [4.69, 9.17) is 56.4 Å². The number of hydrogen-bond acceptors (Lipinski definition) is 12. The number of benzene rings is 3. The van der Waals surface area contributed by atoms with Crippen LogP contribution in [-0.4, -0.2) is 90.3 Å². The summed E-state index contributed by atoms with van der Waals surface area (Å²) in [5.74, 6) is -5.01. The van der Waals surface area contributed by atoms with E-state index < -0.39 is 70.7 Å². The van der Waals surface area contributed by atoms with Crippen LogP contribution in [0.3, 0.4) is 0 Å². The second-order valence-corrected chi connectivity index (χ2v) is 16.4. The molecule has 1 saturated heterocycles. The average molecular weight is 879 g/mol. The first-order chi connectivity index (χ1) is 28.5. The van der Waals surface area contributed by atoms with Gasteiger partial charge < -0.3 is 43.8 Å². The minimum absolute atomic E-state index is 0.0154. The molecular weight excluding hydrogens is 827 g/mol. The van der Waals surface area contributed by atoms with Gasteiger partial charge in [-0.3, -0.25) is 4.79 Å². The Morgan fingerprint density at radius 1 is 0.933 bits per heavy atom. The highest BCUT2D eigenvalue weighted by atomic mass is 35.5. The zero-order chi connectivity index (χ0) is 44.2. The predicted octanol–water partition coefficient (Wildman–Crippen LogP) is 8.21. The van der Waals surface area contributed by atoms with Crippen molar-refractivity contribution >= 4 is 46.9 Å². The van der Waals surface area contributed by atoms with E-state index in [0.717, 1.165) is 6.07 Å². The summed E-state index contributed by atoms with van der Waals surface area (Å²) in [6.07, 6.45) is -2.13. The molecule has 1 amide bonds. The molecule has 0 aromatic heterocycles. The molecule has 17 heteroatoms. The fourth-order valence-corrected chi connectivity index (χ4v) is 7.28. The Hall–Kier alpha value is -4.56. The van der Waals surface area contributed by atoms with Crippen molar-refractivity contribution < 1.29 is 56.3 Å². The fraction of sp³-hybridized carbons (Fsp3) is 0.488. The van der Waals surface area contributed by atoms with E-state index in [1.807, 2.05) is 20.8 Å². The van der Waals surface area contributed by atoms with Crippen LogP contribution in [0.1, 0.15) is 68.4 Å². The molecular formula is C43H51Cl2F2N3O10. The van der Waals surface area contributed by atoms with E-state index >= 15 is 8.78 Å². The first-order valence-corrected chi connectivity index (χ1v) is 20.0. The largest absolute Gasteiger partial charge is 0.511 e. The van der Waals surface area contributed by atoms with Crippen LogP contribution in [-0.2, 0) is 38.6 Å². The summed E-state index contributed by atoms with van der Waals surface area (Å²) in [6, 6.07) is 12.3. The van der Waals surface area contributed by atoms with E-state index in [1.54, 1.807) is 21.0 Å². The lowest BCUT2D eigenvalue weighted by Crippen LogP contribution is -2.45. The Kier molecular flexibility index (Phi) is 17.5.